The van der Waals surface area contributed by atoms with Crippen molar-refractivity contribution < 1.29 is 26.9 Å². The summed E-state index contributed by atoms with van der Waals surface area (Å²) in [6, 6.07) is 5.86. The number of fused-ring (bicyclic) bond motifs is 1. The van der Waals surface area contributed by atoms with Crippen LogP contribution in [0.4, 0.5) is 13.2 Å². The van der Waals surface area contributed by atoms with Gasteiger partial charge in [-0.05, 0) is 33.8 Å². The van der Waals surface area contributed by atoms with Crippen molar-refractivity contribution in [2.45, 2.75) is 51.2 Å². The maximum atomic E-state index is 14.5. The number of aliphatic imine (C=N–C) groups is 1. The van der Waals surface area contributed by atoms with Crippen LogP contribution in [-0.2, 0) is 25.0 Å². The van der Waals surface area contributed by atoms with Crippen LogP contribution in [0.5, 0.6) is 0 Å². The number of hydrogen-bond acceptors (Lipinski definition) is 5. The molecule has 0 aliphatic carbocycles. The Kier molecular flexibility index (Phi) is 5.21. The summed E-state index contributed by atoms with van der Waals surface area (Å²) in [6.45, 7) is 4.81. The van der Waals surface area contributed by atoms with Crippen LogP contribution >= 0.6 is 0 Å². The van der Waals surface area contributed by atoms with Crippen molar-refractivity contribution in [3.05, 3.63) is 35.6 Å². The summed E-state index contributed by atoms with van der Waals surface area (Å²) in [5, 5.41) is 0. The molecule has 1 aromatic carbocycles. The standard InChI is InChI=1S/C19H24F3N3O3S/c1-17(2,3)28-16(26)9-15-24-18(4,13-7-5-6-8-14(13)20)12-29(27)23-10-19(21,22)11-25(15)29/h5-8H,9-12H2,1-4H3/t18-,29?/m0/s1. The lowest BCUT2D eigenvalue weighted by Crippen LogP contribution is -2.56. The molecular formula is C19H24F3N3O3S. The van der Waals surface area contributed by atoms with Crippen molar-refractivity contribution >= 4 is 21.7 Å². The van der Waals surface area contributed by atoms with Crippen LogP contribution in [0.3, 0.4) is 0 Å². The van der Waals surface area contributed by atoms with Gasteiger partial charge in [-0.2, -0.15) is 0 Å². The summed E-state index contributed by atoms with van der Waals surface area (Å²) in [7, 11) is -3.34. The number of ether oxygens (including phenoxy) is 1. The number of rotatable bonds is 3. The van der Waals surface area contributed by atoms with E-state index < -0.39 is 58.3 Å². The average Bonchev–Trinajstić information content (AvgIpc) is 2.54. The largest absolute Gasteiger partial charge is 0.460 e. The minimum Gasteiger partial charge on any atom is -0.460 e. The van der Waals surface area contributed by atoms with Crippen molar-refractivity contribution in [1.82, 2.24) is 4.31 Å². The second-order valence-corrected chi connectivity index (χ2v) is 10.7. The number of nitrogens with zero attached hydrogens (tertiary/aromatic N) is 3. The Labute approximate surface area is 168 Å². The molecule has 160 valence electrons. The summed E-state index contributed by atoms with van der Waals surface area (Å²) < 4.78 is 66.0. The SMILES string of the molecule is CC(C)(C)OC(=O)CC1=N[C@](C)(c2ccccc2F)CS2(=O)=NCC(F)(F)CN12. The number of halogens is 3. The quantitative estimate of drug-likeness (QED) is 0.688. The summed E-state index contributed by atoms with van der Waals surface area (Å²) in [5.41, 5.74) is -1.96. The first-order chi connectivity index (χ1) is 13.2. The van der Waals surface area contributed by atoms with Gasteiger partial charge in [-0.1, -0.05) is 18.2 Å². The summed E-state index contributed by atoms with van der Waals surface area (Å²) >= 11 is 0. The van der Waals surface area contributed by atoms with Crippen molar-refractivity contribution in [1.29, 1.82) is 0 Å². The first-order valence-electron chi connectivity index (χ1n) is 9.15. The normalized spacial score (nSPS) is 28.8. The van der Waals surface area contributed by atoms with Gasteiger partial charge in [0.1, 0.15) is 45.7 Å². The second kappa shape index (κ2) is 7.00. The smallest absolute Gasteiger partial charge is 0.313 e. The van der Waals surface area contributed by atoms with E-state index in [1.807, 2.05) is 0 Å². The molecule has 10 heteroatoms. The Balaban J connectivity index is 2.09. The molecule has 29 heavy (non-hydrogen) atoms. The minimum atomic E-state index is -3.34. The van der Waals surface area contributed by atoms with E-state index in [2.05, 4.69) is 9.36 Å². The third-order valence-electron chi connectivity index (χ3n) is 4.53. The van der Waals surface area contributed by atoms with E-state index in [1.165, 1.54) is 18.2 Å². The number of alkyl halides is 2. The first kappa shape index (κ1) is 21.6. The highest BCUT2D eigenvalue weighted by atomic mass is 32.2. The average molecular weight is 431 g/mol. The molecule has 1 aromatic rings. The molecule has 1 unspecified atom stereocenters. The molecule has 0 amide bonds. The molecule has 0 saturated carbocycles. The summed E-state index contributed by atoms with van der Waals surface area (Å²) in [6.07, 6.45) is -0.468. The van der Waals surface area contributed by atoms with Gasteiger partial charge in [0.05, 0.1) is 12.3 Å². The van der Waals surface area contributed by atoms with Crippen LogP contribution in [0.25, 0.3) is 0 Å². The Morgan fingerprint density at radius 1 is 1.31 bits per heavy atom. The fourth-order valence-corrected chi connectivity index (χ4v) is 5.97. The minimum absolute atomic E-state index is 0.135. The highest BCUT2D eigenvalue weighted by molar-refractivity contribution is 7.92. The lowest BCUT2D eigenvalue weighted by Gasteiger charge is -2.43. The number of esters is 1. The Morgan fingerprint density at radius 3 is 2.59 bits per heavy atom. The van der Waals surface area contributed by atoms with Crippen LogP contribution < -0.4 is 0 Å². The van der Waals surface area contributed by atoms with Gasteiger partial charge in [0.2, 0.25) is 0 Å². The van der Waals surface area contributed by atoms with Gasteiger partial charge in [-0.25, -0.2) is 21.7 Å². The predicted octanol–water partition coefficient (Wildman–Crippen LogP) is 3.52. The van der Waals surface area contributed by atoms with Crippen LogP contribution in [0.15, 0.2) is 33.6 Å². The Morgan fingerprint density at radius 2 is 1.97 bits per heavy atom. The molecule has 0 saturated heterocycles. The van der Waals surface area contributed by atoms with E-state index in [0.29, 0.717) is 0 Å². The van der Waals surface area contributed by atoms with Crippen LogP contribution in [0, 0.1) is 5.82 Å². The second-order valence-electron chi connectivity index (χ2n) is 8.48. The molecule has 0 N–H and O–H groups in total. The summed E-state index contributed by atoms with van der Waals surface area (Å²) in [4.78, 5) is 16.8. The van der Waals surface area contributed by atoms with E-state index in [9.17, 15) is 22.2 Å². The van der Waals surface area contributed by atoms with Crippen molar-refractivity contribution in [2.75, 3.05) is 18.8 Å². The molecule has 0 spiro atoms. The van der Waals surface area contributed by atoms with Crippen molar-refractivity contribution in [3.63, 3.8) is 0 Å². The van der Waals surface area contributed by atoms with Crippen molar-refractivity contribution in [3.8, 4) is 0 Å². The van der Waals surface area contributed by atoms with Crippen molar-refractivity contribution in [2.24, 2.45) is 9.36 Å². The zero-order chi connectivity index (χ0) is 21.7. The number of amidine groups is 1. The molecule has 2 atom stereocenters. The Bertz CT molecular complexity index is 980. The molecule has 2 aliphatic rings. The predicted molar refractivity (Wildman–Crippen MR) is 104 cm³/mol. The van der Waals surface area contributed by atoms with Gasteiger partial charge in [0, 0.05) is 5.56 Å². The van der Waals surface area contributed by atoms with Gasteiger partial charge in [0.15, 0.2) is 0 Å². The zero-order valence-corrected chi connectivity index (χ0v) is 17.6. The lowest BCUT2D eigenvalue weighted by molar-refractivity contribution is -0.153. The fraction of sp³-hybridized carbons (Fsp3) is 0.579. The number of carbonyl (C=O) groups is 1. The van der Waals surface area contributed by atoms with Gasteiger partial charge in [0.25, 0.3) is 5.92 Å². The molecule has 2 aliphatic heterocycles. The maximum absolute atomic E-state index is 14.5. The zero-order valence-electron chi connectivity index (χ0n) is 16.7. The topological polar surface area (TPSA) is 71.3 Å². The maximum Gasteiger partial charge on any atom is 0.313 e. The number of benzene rings is 1. The molecule has 3 rings (SSSR count). The fourth-order valence-electron chi connectivity index (χ4n) is 3.41. The number of carbonyl (C=O) groups excluding carboxylic acids is 1. The number of hydrogen-bond donors (Lipinski definition) is 0. The molecule has 0 bridgehead atoms. The lowest BCUT2D eigenvalue weighted by atomic mass is 9.94. The van der Waals surface area contributed by atoms with Gasteiger partial charge < -0.3 is 4.74 Å². The summed E-state index contributed by atoms with van der Waals surface area (Å²) in [5.74, 6) is -4.86. The molecule has 0 aromatic heterocycles. The van der Waals surface area contributed by atoms with Crippen LogP contribution in [0.2, 0.25) is 0 Å². The molecule has 6 nitrogen and oxygen atoms in total. The van der Waals surface area contributed by atoms with Gasteiger partial charge in [-0.15, -0.1) is 0 Å². The van der Waals surface area contributed by atoms with E-state index in [1.54, 1.807) is 33.8 Å². The van der Waals surface area contributed by atoms with E-state index in [-0.39, 0.29) is 17.2 Å². The first-order valence-corrected chi connectivity index (χ1v) is 10.8. The third-order valence-corrected chi connectivity index (χ3v) is 7.03. The van der Waals surface area contributed by atoms with E-state index >= 15 is 0 Å². The van der Waals surface area contributed by atoms with E-state index in [4.69, 9.17) is 4.74 Å². The Hall–Kier alpha value is -2.10. The van der Waals surface area contributed by atoms with E-state index in [0.717, 1.165) is 4.31 Å². The molecule has 0 radical (unpaired) electrons. The highest BCUT2D eigenvalue weighted by Gasteiger charge is 2.49. The molecule has 2 heterocycles. The van der Waals surface area contributed by atoms with Gasteiger partial charge >= 0.3 is 5.97 Å². The monoisotopic (exact) mass is 431 g/mol. The molecule has 0 fully saturated rings. The third kappa shape index (κ3) is 4.57. The van der Waals surface area contributed by atoms with Gasteiger partial charge in [-0.3, -0.25) is 14.1 Å². The van der Waals surface area contributed by atoms with Crippen LogP contribution in [0.1, 0.15) is 39.7 Å². The molecular weight excluding hydrogens is 407 g/mol. The highest BCUT2D eigenvalue weighted by Crippen LogP contribution is 2.38. The van der Waals surface area contributed by atoms with Crippen LogP contribution in [-0.4, -0.2) is 50.7 Å².